The van der Waals surface area contributed by atoms with Crippen LogP contribution < -0.4 is 5.32 Å². The monoisotopic (exact) mass is 404 g/mol. The first-order valence-electron chi connectivity index (χ1n) is 8.82. The number of halogens is 1. The second-order valence-electron chi connectivity index (χ2n) is 6.37. The summed E-state index contributed by atoms with van der Waals surface area (Å²) in [5, 5.41) is 14.3. The standard InChI is InChI=1S/C22H13FN2O5/c23-14-11-9-13(10-12-14)20(26)21-19(16-6-2-4-8-18(16)30-21)24-22(27)15-5-1-3-7-17(15)25(28)29/h1-12H,(H,24,27). The fourth-order valence-electron chi connectivity index (χ4n) is 3.07. The lowest BCUT2D eigenvalue weighted by Crippen LogP contribution is -2.15. The maximum Gasteiger partial charge on any atom is 0.282 e. The molecule has 7 nitrogen and oxygen atoms in total. The van der Waals surface area contributed by atoms with Gasteiger partial charge in [0.05, 0.1) is 10.6 Å². The molecule has 0 saturated carbocycles. The zero-order valence-electron chi connectivity index (χ0n) is 15.3. The Morgan fingerprint density at radius 1 is 0.933 bits per heavy atom. The Bertz CT molecular complexity index is 1290. The van der Waals surface area contributed by atoms with Crippen molar-refractivity contribution in [2.75, 3.05) is 5.32 Å². The van der Waals surface area contributed by atoms with Gasteiger partial charge in [0.2, 0.25) is 5.78 Å². The summed E-state index contributed by atoms with van der Waals surface area (Å²) in [5.74, 6) is -1.98. The summed E-state index contributed by atoms with van der Waals surface area (Å²) in [5.41, 5.74) is 0.0720. The number of furan rings is 1. The number of hydrogen-bond acceptors (Lipinski definition) is 5. The lowest BCUT2D eigenvalue weighted by molar-refractivity contribution is -0.385. The van der Waals surface area contributed by atoms with E-state index in [4.69, 9.17) is 4.42 Å². The first-order chi connectivity index (χ1) is 14.5. The van der Waals surface area contributed by atoms with Crippen molar-refractivity contribution in [3.05, 3.63) is 106 Å². The Kier molecular flexibility index (Phi) is 4.81. The number of anilines is 1. The van der Waals surface area contributed by atoms with Crippen molar-refractivity contribution in [3.63, 3.8) is 0 Å². The highest BCUT2D eigenvalue weighted by molar-refractivity contribution is 6.19. The molecule has 0 aliphatic heterocycles. The number of amides is 1. The van der Waals surface area contributed by atoms with Gasteiger partial charge < -0.3 is 9.73 Å². The molecule has 1 aromatic heterocycles. The highest BCUT2D eigenvalue weighted by Crippen LogP contribution is 2.33. The molecule has 8 heteroatoms. The first kappa shape index (κ1) is 19.0. The van der Waals surface area contributed by atoms with E-state index in [2.05, 4.69) is 5.32 Å². The predicted molar refractivity (Wildman–Crippen MR) is 107 cm³/mol. The van der Waals surface area contributed by atoms with Gasteiger partial charge in [-0.15, -0.1) is 0 Å². The topological polar surface area (TPSA) is 102 Å². The maximum atomic E-state index is 13.2. The number of nitrogens with one attached hydrogen (secondary N) is 1. The molecule has 0 spiro atoms. The summed E-state index contributed by atoms with van der Waals surface area (Å²) in [6.07, 6.45) is 0. The Morgan fingerprint density at radius 3 is 2.33 bits per heavy atom. The van der Waals surface area contributed by atoms with Gasteiger partial charge >= 0.3 is 0 Å². The van der Waals surface area contributed by atoms with Crippen molar-refractivity contribution in [3.8, 4) is 0 Å². The van der Waals surface area contributed by atoms with Gasteiger partial charge in [-0.2, -0.15) is 0 Å². The maximum absolute atomic E-state index is 13.2. The number of fused-ring (bicyclic) bond motifs is 1. The number of carbonyl (C=O) groups is 2. The van der Waals surface area contributed by atoms with Crippen LogP contribution in [0.25, 0.3) is 11.0 Å². The normalized spacial score (nSPS) is 10.7. The van der Waals surface area contributed by atoms with E-state index in [1.165, 1.54) is 36.4 Å². The number of carbonyl (C=O) groups excluding carboxylic acids is 2. The lowest BCUT2D eigenvalue weighted by Gasteiger charge is -2.07. The van der Waals surface area contributed by atoms with Crippen LogP contribution in [0.5, 0.6) is 0 Å². The summed E-state index contributed by atoms with van der Waals surface area (Å²) < 4.78 is 18.9. The van der Waals surface area contributed by atoms with Crippen LogP contribution in [-0.4, -0.2) is 16.6 Å². The quantitative estimate of drug-likeness (QED) is 0.288. The fourth-order valence-corrected chi connectivity index (χ4v) is 3.07. The minimum atomic E-state index is -0.762. The number of nitro groups is 1. The molecule has 4 aromatic rings. The van der Waals surface area contributed by atoms with Crippen LogP contribution >= 0.6 is 0 Å². The zero-order valence-corrected chi connectivity index (χ0v) is 15.3. The lowest BCUT2D eigenvalue weighted by atomic mass is 10.1. The van der Waals surface area contributed by atoms with Gasteiger partial charge in [-0.1, -0.05) is 24.3 Å². The van der Waals surface area contributed by atoms with Crippen LogP contribution in [0.1, 0.15) is 26.5 Å². The molecule has 0 unspecified atom stereocenters. The van der Waals surface area contributed by atoms with E-state index >= 15 is 0 Å². The molecule has 1 N–H and O–H groups in total. The number of para-hydroxylation sites is 2. The number of nitro benzene ring substituents is 1. The molecule has 1 heterocycles. The van der Waals surface area contributed by atoms with E-state index in [0.29, 0.717) is 11.0 Å². The smallest absolute Gasteiger partial charge is 0.282 e. The minimum absolute atomic E-state index is 0.0862. The van der Waals surface area contributed by atoms with Crippen molar-refractivity contribution in [2.45, 2.75) is 0 Å². The highest BCUT2D eigenvalue weighted by atomic mass is 19.1. The van der Waals surface area contributed by atoms with Crippen molar-refractivity contribution in [1.29, 1.82) is 0 Å². The fraction of sp³-hybridized carbons (Fsp3) is 0. The molecular formula is C22H13FN2O5. The molecule has 0 bridgehead atoms. The van der Waals surface area contributed by atoms with Crippen LogP contribution in [0.3, 0.4) is 0 Å². The van der Waals surface area contributed by atoms with Crippen molar-refractivity contribution in [2.24, 2.45) is 0 Å². The molecule has 0 fully saturated rings. The molecule has 0 saturated heterocycles. The van der Waals surface area contributed by atoms with E-state index in [1.807, 2.05) is 0 Å². The van der Waals surface area contributed by atoms with Crippen LogP contribution in [0, 0.1) is 15.9 Å². The summed E-state index contributed by atoms with van der Waals surface area (Å²) in [7, 11) is 0. The molecule has 0 aliphatic carbocycles. The second kappa shape index (κ2) is 7.59. The number of rotatable bonds is 5. The van der Waals surface area contributed by atoms with Crippen LogP contribution in [-0.2, 0) is 0 Å². The van der Waals surface area contributed by atoms with E-state index in [0.717, 1.165) is 12.1 Å². The molecule has 0 radical (unpaired) electrons. The number of ketones is 1. The molecule has 148 valence electrons. The highest BCUT2D eigenvalue weighted by Gasteiger charge is 2.26. The third-order valence-corrected chi connectivity index (χ3v) is 4.49. The van der Waals surface area contributed by atoms with Crippen molar-refractivity contribution < 1.29 is 23.3 Å². The molecule has 30 heavy (non-hydrogen) atoms. The predicted octanol–water partition coefficient (Wildman–Crippen LogP) is 4.96. The van der Waals surface area contributed by atoms with E-state index in [9.17, 15) is 24.1 Å². The summed E-state index contributed by atoms with van der Waals surface area (Å²) in [6, 6.07) is 17.0. The Morgan fingerprint density at radius 2 is 1.60 bits per heavy atom. The van der Waals surface area contributed by atoms with Gasteiger partial charge in [0.25, 0.3) is 11.6 Å². The summed E-state index contributed by atoms with van der Waals surface area (Å²) in [6.45, 7) is 0. The van der Waals surface area contributed by atoms with Gasteiger partial charge in [-0.3, -0.25) is 19.7 Å². The Balaban J connectivity index is 1.80. The van der Waals surface area contributed by atoms with Crippen LogP contribution in [0.4, 0.5) is 15.8 Å². The zero-order chi connectivity index (χ0) is 21.3. The second-order valence-corrected chi connectivity index (χ2v) is 6.37. The molecule has 3 aromatic carbocycles. The molecule has 0 atom stereocenters. The van der Waals surface area contributed by atoms with Crippen LogP contribution in [0.2, 0.25) is 0 Å². The van der Waals surface area contributed by atoms with E-state index < -0.39 is 22.4 Å². The molecule has 1 amide bonds. The van der Waals surface area contributed by atoms with Gasteiger partial charge in [-0.25, -0.2) is 4.39 Å². The average Bonchev–Trinajstić information content (AvgIpc) is 3.12. The van der Waals surface area contributed by atoms with Gasteiger partial charge in [0.1, 0.15) is 17.0 Å². The van der Waals surface area contributed by atoms with Crippen molar-refractivity contribution in [1.82, 2.24) is 0 Å². The van der Waals surface area contributed by atoms with Crippen molar-refractivity contribution >= 4 is 34.0 Å². The van der Waals surface area contributed by atoms with Gasteiger partial charge in [0.15, 0.2) is 5.76 Å². The number of nitrogens with zero attached hydrogens (tertiary/aromatic N) is 1. The van der Waals surface area contributed by atoms with Gasteiger partial charge in [-0.05, 0) is 42.5 Å². The number of hydrogen-bond donors (Lipinski definition) is 1. The SMILES string of the molecule is O=C(Nc1c(C(=O)c2ccc(F)cc2)oc2ccccc12)c1ccccc1[N+](=O)[O-]. The molecule has 0 aliphatic rings. The van der Waals surface area contributed by atoms with Crippen LogP contribution in [0.15, 0.2) is 77.2 Å². The molecule has 4 rings (SSSR count). The molecular weight excluding hydrogens is 391 g/mol. The minimum Gasteiger partial charge on any atom is -0.450 e. The third-order valence-electron chi connectivity index (χ3n) is 4.49. The largest absolute Gasteiger partial charge is 0.450 e. The average molecular weight is 404 g/mol. The van der Waals surface area contributed by atoms with E-state index in [1.54, 1.807) is 24.3 Å². The van der Waals surface area contributed by atoms with Gasteiger partial charge in [0, 0.05) is 17.0 Å². The Hall–Kier alpha value is -4.33. The first-order valence-corrected chi connectivity index (χ1v) is 8.82. The Labute approximate surface area is 168 Å². The number of benzene rings is 3. The summed E-state index contributed by atoms with van der Waals surface area (Å²) in [4.78, 5) is 36.4. The third kappa shape index (κ3) is 3.42. The van der Waals surface area contributed by atoms with E-state index in [-0.39, 0.29) is 28.3 Å². The summed E-state index contributed by atoms with van der Waals surface area (Å²) >= 11 is 0.